The highest BCUT2D eigenvalue weighted by atomic mass is 16.2. The maximum absolute atomic E-state index is 12.1. The molecule has 1 amide bonds. The lowest BCUT2D eigenvalue weighted by Gasteiger charge is -2.25. The van der Waals surface area contributed by atoms with Gasteiger partial charge in [0.05, 0.1) is 6.04 Å². The summed E-state index contributed by atoms with van der Waals surface area (Å²) in [6, 6.07) is 8.28. The Kier molecular flexibility index (Phi) is 5.40. The van der Waals surface area contributed by atoms with Crippen molar-refractivity contribution in [1.29, 1.82) is 0 Å². The average molecular weight is 260 g/mol. The topological polar surface area (TPSA) is 41.1 Å². The van der Waals surface area contributed by atoms with Crippen molar-refractivity contribution in [3.05, 3.63) is 35.4 Å². The van der Waals surface area contributed by atoms with Crippen LogP contribution in [0.5, 0.6) is 0 Å². The van der Waals surface area contributed by atoms with Crippen LogP contribution in [-0.4, -0.2) is 18.5 Å². The predicted molar refractivity (Wildman–Crippen MR) is 77.9 cm³/mol. The number of carbonyl (C=O) groups excluding carboxylic acids is 1. The summed E-state index contributed by atoms with van der Waals surface area (Å²) in [5.74, 6) is 0.144. The summed E-state index contributed by atoms with van der Waals surface area (Å²) in [5, 5.41) is 6.36. The number of rotatable bonds is 6. The molecule has 1 aromatic rings. The van der Waals surface area contributed by atoms with Gasteiger partial charge in [0.2, 0.25) is 5.91 Å². The van der Waals surface area contributed by atoms with Gasteiger partial charge in [-0.3, -0.25) is 4.79 Å². The average Bonchev–Trinajstić information content (AvgIpc) is 2.46. The zero-order chi connectivity index (χ0) is 13.5. The van der Waals surface area contributed by atoms with Gasteiger partial charge >= 0.3 is 0 Å². The maximum atomic E-state index is 12.1. The smallest absolute Gasteiger partial charge is 0.237 e. The van der Waals surface area contributed by atoms with Gasteiger partial charge in [-0.1, -0.05) is 50.5 Å². The van der Waals surface area contributed by atoms with Gasteiger partial charge in [-0.2, -0.15) is 0 Å². The highest BCUT2D eigenvalue weighted by Crippen LogP contribution is 2.16. The number of unbranched alkanes of at least 4 members (excludes halogenated alkanes) is 3. The van der Waals surface area contributed by atoms with Gasteiger partial charge in [0.1, 0.15) is 0 Å². The van der Waals surface area contributed by atoms with Gasteiger partial charge in [0.15, 0.2) is 0 Å². The Balaban J connectivity index is 1.76. The lowest BCUT2D eigenvalue weighted by atomic mass is 9.95. The van der Waals surface area contributed by atoms with Crippen LogP contribution in [0.15, 0.2) is 24.3 Å². The van der Waals surface area contributed by atoms with Crippen LogP contribution in [0.3, 0.4) is 0 Å². The Labute approximate surface area is 115 Å². The van der Waals surface area contributed by atoms with Crippen molar-refractivity contribution in [3.8, 4) is 0 Å². The molecular formula is C16H24N2O. The van der Waals surface area contributed by atoms with E-state index >= 15 is 0 Å². The molecule has 0 bridgehead atoms. The summed E-state index contributed by atoms with van der Waals surface area (Å²) < 4.78 is 0. The maximum Gasteiger partial charge on any atom is 0.237 e. The molecule has 0 fully saturated rings. The lowest BCUT2D eigenvalue weighted by Crippen LogP contribution is -2.47. The van der Waals surface area contributed by atoms with E-state index in [1.165, 1.54) is 30.4 Å². The van der Waals surface area contributed by atoms with Crippen LogP contribution in [0, 0.1) is 0 Å². The Morgan fingerprint density at radius 1 is 1.26 bits per heavy atom. The number of nitrogens with one attached hydrogen (secondary N) is 2. The van der Waals surface area contributed by atoms with E-state index in [4.69, 9.17) is 0 Å². The van der Waals surface area contributed by atoms with Crippen LogP contribution < -0.4 is 10.6 Å². The third-order valence-electron chi connectivity index (χ3n) is 3.73. The van der Waals surface area contributed by atoms with Crippen molar-refractivity contribution in [2.45, 2.75) is 51.6 Å². The first kappa shape index (κ1) is 14.1. The van der Waals surface area contributed by atoms with E-state index in [9.17, 15) is 4.79 Å². The van der Waals surface area contributed by atoms with Crippen molar-refractivity contribution in [2.24, 2.45) is 0 Å². The monoisotopic (exact) mass is 260 g/mol. The second kappa shape index (κ2) is 7.29. The molecule has 0 aliphatic carbocycles. The van der Waals surface area contributed by atoms with Crippen molar-refractivity contribution in [1.82, 2.24) is 10.6 Å². The Morgan fingerprint density at radius 3 is 2.84 bits per heavy atom. The second-order valence-corrected chi connectivity index (χ2v) is 5.26. The number of hydrogen-bond donors (Lipinski definition) is 2. The first-order valence-electron chi connectivity index (χ1n) is 7.39. The van der Waals surface area contributed by atoms with Gasteiger partial charge in [-0.15, -0.1) is 0 Å². The van der Waals surface area contributed by atoms with E-state index in [0.29, 0.717) is 0 Å². The van der Waals surface area contributed by atoms with Crippen molar-refractivity contribution >= 4 is 5.91 Å². The minimum Gasteiger partial charge on any atom is -0.355 e. The highest BCUT2D eigenvalue weighted by molar-refractivity contribution is 5.82. The third-order valence-corrected chi connectivity index (χ3v) is 3.73. The van der Waals surface area contributed by atoms with E-state index in [0.717, 1.165) is 25.9 Å². The number of benzene rings is 1. The fraction of sp³-hybridized carbons (Fsp3) is 0.562. The molecule has 19 heavy (non-hydrogen) atoms. The van der Waals surface area contributed by atoms with Gasteiger partial charge in [-0.05, 0) is 24.0 Å². The number of fused-ring (bicyclic) bond motifs is 1. The fourth-order valence-electron chi connectivity index (χ4n) is 2.53. The van der Waals surface area contributed by atoms with Gasteiger partial charge < -0.3 is 10.6 Å². The van der Waals surface area contributed by atoms with Crippen molar-refractivity contribution in [3.63, 3.8) is 0 Å². The van der Waals surface area contributed by atoms with Crippen LogP contribution in [0.4, 0.5) is 0 Å². The van der Waals surface area contributed by atoms with E-state index in [1.807, 2.05) is 6.07 Å². The minimum absolute atomic E-state index is 0.0684. The van der Waals surface area contributed by atoms with Crippen LogP contribution in [0.1, 0.15) is 43.7 Å². The molecule has 2 rings (SSSR count). The zero-order valence-electron chi connectivity index (χ0n) is 11.7. The van der Waals surface area contributed by atoms with Gasteiger partial charge in [0, 0.05) is 13.1 Å². The van der Waals surface area contributed by atoms with Crippen LogP contribution >= 0.6 is 0 Å². The molecule has 0 saturated carbocycles. The number of carbonyl (C=O) groups is 1. The standard InChI is InChI=1S/C16H24N2O/c1-2-3-4-7-10-17-16(19)15-11-13-8-5-6-9-14(13)12-18-15/h5-6,8-9,15,18H,2-4,7,10-12H2,1H3,(H,17,19)/t15-/m0/s1. The first-order chi connectivity index (χ1) is 9.31. The third kappa shape index (κ3) is 4.06. The van der Waals surface area contributed by atoms with E-state index < -0.39 is 0 Å². The summed E-state index contributed by atoms with van der Waals surface area (Å²) in [4.78, 5) is 12.1. The largest absolute Gasteiger partial charge is 0.355 e. The van der Waals surface area contributed by atoms with E-state index in [2.05, 4.69) is 35.8 Å². The molecule has 0 spiro atoms. The molecule has 3 heteroatoms. The summed E-state index contributed by atoms with van der Waals surface area (Å²) in [7, 11) is 0. The summed E-state index contributed by atoms with van der Waals surface area (Å²) >= 11 is 0. The Bertz CT molecular complexity index is 417. The van der Waals surface area contributed by atoms with Crippen LogP contribution in [0.25, 0.3) is 0 Å². The van der Waals surface area contributed by atoms with Crippen LogP contribution in [-0.2, 0) is 17.8 Å². The zero-order valence-corrected chi connectivity index (χ0v) is 11.7. The molecule has 1 aliphatic heterocycles. The quantitative estimate of drug-likeness (QED) is 0.771. The summed E-state index contributed by atoms with van der Waals surface area (Å²) in [5.41, 5.74) is 2.61. The number of amides is 1. The lowest BCUT2D eigenvalue weighted by molar-refractivity contribution is -0.123. The van der Waals surface area contributed by atoms with Crippen molar-refractivity contribution in [2.75, 3.05) is 6.54 Å². The molecule has 0 unspecified atom stereocenters. The highest BCUT2D eigenvalue weighted by Gasteiger charge is 2.23. The molecule has 0 saturated heterocycles. The predicted octanol–water partition coefficient (Wildman–Crippen LogP) is 2.40. The number of hydrogen-bond acceptors (Lipinski definition) is 2. The van der Waals surface area contributed by atoms with Crippen molar-refractivity contribution < 1.29 is 4.79 Å². The molecule has 3 nitrogen and oxygen atoms in total. The van der Waals surface area contributed by atoms with Crippen LogP contribution in [0.2, 0.25) is 0 Å². The normalized spacial score (nSPS) is 17.8. The van der Waals surface area contributed by atoms with Gasteiger partial charge in [0.25, 0.3) is 0 Å². The molecule has 1 heterocycles. The summed E-state index contributed by atoms with van der Waals surface area (Å²) in [6.07, 6.45) is 5.58. The molecule has 0 aromatic heterocycles. The molecule has 2 N–H and O–H groups in total. The summed E-state index contributed by atoms with van der Waals surface area (Å²) in [6.45, 7) is 3.80. The first-order valence-corrected chi connectivity index (χ1v) is 7.39. The van der Waals surface area contributed by atoms with E-state index in [1.54, 1.807) is 0 Å². The SMILES string of the molecule is CCCCCCNC(=O)[C@@H]1Cc2ccccc2CN1. The van der Waals surface area contributed by atoms with E-state index in [-0.39, 0.29) is 11.9 Å². The second-order valence-electron chi connectivity index (χ2n) is 5.26. The fourth-order valence-corrected chi connectivity index (χ4v) is 2.53. The molecule has 1 atom stereocenters. The Hall–Kier alpha value is -1.35. The minimum atomic E-state index is -0.0684. The molecule has 104 valence electrons. The molecule has 0 radical (unpaired) electrons. The Morgan fingerprint density at radius 2 is 2.05 bits per heavy atom. The molecule has 1 aromatic carbocycles. The molecule has 1 aliphatic rings. The molecular weight excluding hydrogens is 236 g/mol. The van der Waals surface area contributed by atoms with Gasteiger partial charge in [-0.25, -0.2) is 0 Å².